The van der Waals surface area contributed by atoms with Crippen molar-refractivity contribution in [3.63, 3.8) is 0 Å². The molecule has 2 nitrogen and oxygen atoms in total. The quantitative estimate of drug-likeness (QED) is 0.649. The highest BCUT2D eigenvalue weighted by atomic mass is 16.5. The first-order valence-electron chi connectivity index (χ1n) is 10.3. The summed E-state index contributed by atoms with van der Waals surface area (Å²) in [4.78, 5) is 2.57. The van der Waals surface area contributed by atoms with Crippen molar-refractivity contribution in [2.24, 2.45) is 5.92 Å². The van der Waals surface area contributed by atoms with Crippen LogP contribution in [0.1, 0.15) is 61.3 Å². The lowest BCUT2D eigenvalue weighted by Gasteiger charge is -2.36. The Hall–Kier alpha value is -1.64. The highest BCUT2D eigenvalue weighted by molar-refractivity contribution is 5.27. The van der Waals surface area contributed by atoms with Crippen LogP contribution < -0.4 is 0 Å². The largest absolute Gasteiger partial charge is 0.374 e. The van der Waals surface area contributed by atoms with Crippen LogP contribution in [-0.4, -0.2) is 24.6 Å². The molecular formula is C24H31NO. The van der Waals surface area contributed by atoms with E-state index < -0.39 is 0 Å². The molecule has 138 valence electrons. The van der Waals surface area contributed by atoms with Crippen LogP contribution in [0.15, 0.2) is 54.6 Å². The number of benzene rings is 2. The molecule has 2 aromatic carbocycles. The Balaban J connectivity index is 1.20. The molecule has 1 saturated heterocycles. The second-order valence-electron chi connectivity index (χ2n) is 8.15. The zero-order chi connectivity index (χ0) is 17.8. The summed E-state index contributed by atoms with van der Waals surface area (Å²) < 4.78 is 6.10. The fourth-order valence-electron chi connectivity index (χ4n) is 4.34. The van der Waals surface area contributed by atoms with Crippen LogP contribution >= 0.6 is 0 Å². The minimum absolute atomic E-state index is 0.195. The van der Waals surface area contributed by atoms with E-state index in [1.54, 1.807) is 0 Å². The topological polar surface area (TPSA) is 12.5 Å². The van der Waals surface area contributed by atoms with E-state index in [9.17, 15) is 0 Å². The predicted molar refractivity (Wildman–Crippen MR) is 107 cm³/mol. The SMILES string of the molecule is CC(OCC1CC(c2ccc(CN3CCCC3)cc2)C1)c1ccccc1. The lowest BCUT2D eigenvalue weighted by Crippen LogP contribution is -2.26. The van der Waals surface area contributed by atoms with Crippen molar-refractivity contribution in [2.75, 3.05) is 19.7 Å². The Morgan fingerprint density at radius 1 is 0.962 bits per heavy atom. The molecule has 1 aliphatic carbocycles. The number of likely N-dealkylation sites (tertiary alicyclic amines) is 1. The molecule has 1 atom stereocenters. The van der Waals surface area contributed by atoms with E-state index in [1.807, 2.05) is 0 Å². The van der Waals surface area contributed by atoms with Crippen LogP contribution in [0, 0.1) is 5.92 Å². The van der Waals surface area contributed by atoms with Crippen LogP contribution in [0.3, 0.4) is 0 Å². The van der Waals surface area contributed by atoms with Gasteiger partial charge in [0.2, 0.25) is 0 Å². The van der Waals surface area contributed by atoms with Crippen molar-refractivity contribution in [2.45, 2.75) is 51.2 Å². The van der Waals surface area contributed by atoms with Gasteiger partial charge in [-0.15, -0.1) is 0 Å². The number of rotatable bonds is 7. The predicted octanol–water partition coefficient (Wildman–Crippen LogP) is 5.55. The van der Waals surface area contributed by atoms with Crippen LogP contribution in [-0.2, 0) is 11.3 Å². The van der Waals surface area contributed by atoms with Crippen molar-refractivity contribution >= 4 is 0 Å². The Morgan fingerprint density at radius 3 is 2.35 bits per heavy atom. The first-order chi connectivity index (χ1) is 12.8. The van der Waals surface area contributed by atoms with Gasteiger partial charge in [0.15, 0.2) is 0 Å². The molecule has 26 heavy (non-hydrogen) atoms. The summed E-state index contributed by atoms with van der Waals surface area (Å²) in [6.07, 6.45) is 5.47. The van der Waals surface area contributed by atoms with Gasteiger partial charge in [-0.25, -0.2) is 0 Å². The van der Waals surface area contributed by atoms with E-state index in [4.69, 9.17) is 4.74 Å². The molecule has 1 heterocycles. The van der Waals surface area contributed by atoms with Gasteiger partial charge in [-0.3, -0.25) is 4.90 Å². The molecule has 1 aliphatic heterocycles. The number of hydrogen-bond acceptors (Lipinski definition) is 2. The summed E-state index contributed by atoms with van der Waals surface area (Å²) in [5.74, 6) is 1.45. The van der Waals surface area contributed by atoms with E-state index >= 15 is 0 Å². The van der Waals surface area contributed by atoms with Crippen molar-refractivity contribution in [3.05, 3.63) is 71.3 Å². The van der Waals surface area contributed by atoms with Crippen molar-refractivity contribution in [1.29, 1.82) is 0 Å². The van der Waals surface area contributed by atoms with Crippen LogP contribution in [0.5, 0.6) is 0 Å². The second-order valence-corrected chi connectivity index (χ2v) is 8.15. The number of nitrogens with zero attached hydrogens (tertiary/aromatic N) is 1. The fraction of sp³-hybridized carbons (Fsp3) is 0.500. The maximum absolute atomic E-state index is 6.10. The lowest BCUT2D eigenvalue weighted by molar-refractivity contribution is 0.0131. The van der Waals surface area contributed by atoms with Crippen molar-refractivity contribution in [3.8, 4) is 0 Å². The third-order valence-corrected chi connectivity index (χ3v) is 6.14. The minimum Gasteiger partial charge on any atom is -0.374 e. The van der Waals surface area contributed by atoms with Gasteiger partial charge < -0.3 is 4.74 Å². The summed E-state index contributed by atoms with van der Waals surface area (Å²) >= 11 is 0. The third kappa shape index (κ3) is 4.36. The molecule has 0 radical (unpaired) electrons. The Labute approximate surface area is 158 Å². The average Bonchev–Trinajstić information content (AvgIpc) is 3.15. The number of hydrogen-bond donors (Lipinski definition) is 0. The molecule has 2 aliphatic rings. The van der Waals surface area contributed by atoms with E-state index in [-0.39, 0.29) is 6.10 Å². The van der Waals surface area contributed by atoms with Crippen LogP contribution in [0.25, 0.3) is 0 Å². The molecule has 0 aromatic heterocycles. The van der Waals surface area contributed by atoms with E-state index in [0.29, 0.717) is 0 Å². The molecule has 2 aromatic rings. The van der Waals surface area contributed by atoms with Crippen LogP contribution in [0.4, 0.5) is 0 Å². The highest BCUT2D eigenvalue weighted by Crippen LogP contribution is 2.42. The second kappa shape index (κ2) is 8.37. The maximum Gasteiger partial charge on any atom is 0.0796 e. The van der Waals surface area contributed by atoms with Crippen molar-refractivity contribution < 1.29 is 4.74 Å². The van der Waals surface area contributed by atoms with Gasteiger partial charge in [0.1, 0.15) is 0 Å². The molecule has 1 unspecified atom stereocenters. The zero-order valence-corrected chi connectivity index (χ0v) is 15.9. The van der Waals surface area contributed by atoms with E-state index in [1.165, 1.54) is 55.5 Å². The van der Waals surface area contributed by atoms with Gasteiger partial charge >= 0.3 is 0 Å². The van der Waals surface area contributed by atoms with Gasteiger partial charge in [0.05, 0.1) is 12.7 Å². The molecule has 0 amide bonds. The molecule has 2 fully saturated rings. The smallest absolute Gasteiger partial charge is 0.0796 e. The molecular weight excluding hydrogens is 318 g/mol. The zero-order valence-electron chi connectivity index (χ0n) is 15.9. The minimum atomic E-state index is 0.195. The first kappa shape index (κ1) is 17.8. The average molecular weight is 350 g/mol. The van der Waals surface area contributed by atoms with Gasteiger partial charge in [0, 0.05) is 6.54 Å². The summed E-state index contributed by atoms with van der Waals surface area (Å²) in [7, 11) is 0. The van der Waals surface area contributed by atoms with Crippen LogP contribution in [0.2, 0.25) is 0 Å². The monoisotopic (exact) mass is 349 g/mol. The number of ether oxygens (including phenoxy) is 1. The normalized spacial score (nSPS) is 24.3. The van der Waals surface area contributed by atoms with Gasteiger partial charge in [0.25, 0.3) is 0 Å². The Morgan fingerprint density at radius 2 is 1.65 bits per heavy atom. The Kier molecular flexibility index (Phi) is 5.72. The molecule has 2 heteroatoms. The maximum atomic E-state index is 6.10. The van der Waals surface area contributed by atoms with Gasteiger partial charge in [-0.2, -0.15) is 0 Å². The van der Waals surface area contributed by atoms with Gasteiger partial charge in [-0.1, -0.05) is 54.6 Å². The molecule has 0 N–H and O–H groups in total. The molecule has 1 saturated carbocycles. The summed E-state index contributed by atoms with van der Waals surface area (Å²) in [5.41, 5.74) is 4.26. The standard InChI is InChI=1S/C24H31NO/c1-19(22-7-3-2-4-8-22)26-18-21-15-24(16-21)23-11-9-20(10-12-23)17-25-13-5-6-14-25/h2-4,7-12,19,21,24H,5-6,13-18H2,1H3. The van der Waals surface area contributed by atoms with Gasteiger partial charge in [-0.05, 0) is 74.2 Å². The molecule has 0 spiro atoms. The summed E-state index contributed by atoms with van der Waals surface area (Å²) in [6, 6.07) is 19.9. The summed E-state index contributed by atoms with van der Waals surface area (Å²) in [5, 5.41) is 0. The molecule has 0 bridgehead atoms. The third-order valence-electron chi connectivity index (χ3n) is 6.14. The fourth-order valence-corrected chi connectivity index (χ4v) is 4.34. The van der Waals surface area contributed by atoms with E-state index in [0.717, 1.165) is 25.0 Å². The highest BCUT2D eigenvalue weighted by Gasteiger charge is 2.30. The van der Waals surface area contributed by atoms with E-state index in [2.05, 4.69) is 66.4 Å². The molecule has 4 rings (SSSR count). The summed E-state index contributed by atoms with van der Waals surface area (Å²) in [6.45, 7) is 6.71. The van der Waals surface area contributed by atoms with Crippen molar-refractivity contribution in [1.82, 2.24) is 4.90 Å². The Bertz CT molecular complexity index is 669. The first-order valence-corrected chi connectivity index (χ1v) is 10.3. The lowest BCUT2D eigenvalue weighted by atomic mass is 9.72.